The van der Waals surface area contributed by atoms with Gasteiger partial charge in [0.15, 0.2) is 5.78 Å². The van der Waals surface area contributed by atoms with E-state index in [9.17, 15) is 22.8 Å². The molecular formula is C18H25NO6S. The first-order valence-electron chi connectivity index (χ1n) is 8.97. The topological polar surface area (TPSA) is 97.8 Å². The number of nitrogens with zero attached hydrogens (tertiary/aromatic N) is 1. The van der Waals surface area contributed by atoms with E-state index in [1.54, 1.807) is 6.92 Å². The van der Waals surface area contributed by atoms with Crippen LogP contribution in [0, 0.1) is 16.7 Å². The average molecular weight is 383 g/mol. The van der Waals surface area contributed by atoms with Crippen LogP contribution in [0.3, 0.4) is 0 Å². The number of sulfonamides is 1. The summed E-state index contributed by atoms with van der Waals surface area (Å²) in [5, 5.41) is 0. The molecule has 0 saturated heterocycles. The number of esters is 1. The van der Waals surface area contributed by atoms with Gasteiger partial charge in [-0.15, -0.1) is 0 Å². The molecular weight excluding hydrogens is 358 g/mol. The number of carbonyl (C=O) groups excluding carboxylic acids is 3. The molecule has 0 aromatic heterocycles. The molecule has 0 radical (unpaired) electrons. The fourth-order valence-corrected chi connectivity index (χ4v) is 7.06. The first-order chi connectivity index (χ1) is 12.0. The second kappa shape index (κ2) is 6.18. The third-order valence-corrected chi connectivity index (χ3v) is 8.43. The van der Waals surface area contributed by atoms with Gasteiger partial charge in [-0.05, 0) is 37.2 Å². The molecule has 0 N–H and O–H groups in total. The summed E-state index contributed by atoms with van der Waals surface area (Å²) in [4.78, 5) is 36.6. The van der Waals surface area contributed by atoms with Crippen molar-refractivity contribution >= 4 is 27.6 Å². The minimum absolute atomic E-state index is 0.00734. The summed E-state index contributed by atoms with van der Waals surface area (Å²) < 4.78 is 32.2. The summed E-state index contributed by atoms with van der Waals surface area (Å²) in [6.45, 7) is 5.64. The summed E-state index contributed by atoms with van der Waals surface area (Å²) in [7, 11) is -3.98. The van der Waals surface area contributed by atoms with Gasteiger partial charge in [-0.3, -0.25) is 13.9 Å². The van der Waals surface area contributed by atoms with Gasteiger partial charge in [0.25, 0.3) is 0 Å². The van der Waals surface area contributed by atoms with E-state index in [0.29, 0.717) is 12.8 Å². The van der Waals surface area contributed by atoms with E-state index in [2.05, 4.69) is 0 Å². The Hall–Kier alpha value is -1.70. The lowest BCUT2D eigenvalue weighted by molar-refractivity contribution is -0.148. The van der Waals surface area contributed by atoms with Crippen molar-refractivity contribution in [2.24, 2.45) is 16.7 Å². The molecule has 1 aliphatic heterocycles. The first kappa shape index (κ1) is 19.1. The highest BCUT2D eigenvalue weighted by atomic mass is 32.2. The molecule has 8 heteroatoms. The second-order valence-electron chi connectivity index (χ2n) is 8.01. The van der Waals surface area contributed by atoms with Crippen LogP contribution < -0.4 is 0 Å². The molecule has 7 nitrogen and oxygen atoms in total. The van der Waals surface area contributed by atoms with E-state index in [-0.39, 0.29) is 36.3 Å². The monoisotopic (exact) mass is 383 g/mol. The summed E-state index contributed by atoms with van der Waals surface area (Å²) in [5.74, 6) is -1.22. The molecule has 3 aliphatic rings. The van der Waals surface area contributed by atoms with Crippen LogP contribution in [-0.2, 0) is 29.1 Å². The molecule has 2 bridgehead atoms. The highest BCUT2D eigenvalue weighted by Crippen LogP contribution is 2.64. The zero-order valence-corrected chi connectivity index (χ0v) is 16.2. The van der Waals surface area contributed by atoms with Crippen LogP contribution in [0.4, 0.5) is 0 Å². The molecule has 0 aromatic rings. The van der Waals surface area contributed by atoms with Gasteiger partial charge in [-0.1, -0.05) is 13.8 Å². The normalized spacial score (nSPS) is 33.0. The molecule has 1 heterocycles. The second-order valence-corrected chi connectivity index (χ2v) is 9.88. The van der Waals surface area contributed by atoms with E-state index < -0.39 is 32.9 Å². The molecule has 3 rings (SSSR count). The first-order valence-corrected chi connectivity index (χ1v) is 10.6. The zero-order valence-electron chi connectivity index (χ0n) is 15.4. The van der Waals surface area contributed by atoms with Crippen molar-refractivity contribution in [3.05, 3.63) is 12.3 Å². The van der Waals surface area contributed by atoms with E-state index >= 15 is 0 Å². The summed E-state index contributed by atoms with van der Waals surface area (Å²) in [5.41, 5.74) is -1.32. The number of Topliss-reactive ketones (excluding diaryl/α,β-unsaturated/α-hetero) is 1. The van der Waals surface area contributed by atoms with Crippen LogP contribution in [0.5, 0.6) is 0 Å². The van der Waals surface area contributed by atoms with Crippen molar-refractivity contribution in [1.29, 1.82) is 0 Å². The van der Waals surface area contributed by atoms with E-state index in [0.717, 1.165) is 23.0 Å². The summed E-state index contributed by atoms with van der Waals surface area (Å²) in [6, 6.07) is -1.20. The third-order valence-electron chi connectivity index (χ3n) is 6.56. The predicted molar refractivity (Wildman–Crippen MR) is 93.4 cm³/mol. The molecule has 144 valence electrons. The Balaban J connectivity index is 1.94. The highest BCUT2D eigenvalue weighted by Gasteiger charge is 2.65. The minimum atomic E-state index is -3.98. The SMILES string of the molecule is CCOC(=O)[C@@H]1CC(=O)C=CN1S(=O)(=O)C[C@@]12CC[C@@H](CC1=O)C2(C)C. The van der Waals surface area contributed by atoms with Crippen molar-refractivity contribution in [3.8, 4) is 0 Å². The Morgan fingerprint density at radius 2 is 2.00 bits per heavy atom. The third kappa shape index (κ3) is 2.69. The maximum Gasteiger partial charge on any atom is 0.330 e. The van der Waals surface area contributed by atoms with Gasteiger partial charge in [0.1, 0.15) is 11.8 Å². The maximum atomic E-state index is 13.2. The number of hydrogen-bond acceptors (Lipinski definition) is 6. The molecule has 0 aromatic carbocycles. The van der Waals surface area contributed by atoms with Crippen molar-refractivity contribution in [3.63, 3.8) is 0 Å². The van der Waals surface area contributed by atoms with Gasteiger partial charge in [-0.25, -0.2) is 13.2 Å². The Labute approximate surface area is 153 Å². The number of rotatable bonds is 5. The minimum Gasteiger partial charge on any atom is -0.464 e. The smallest absolute Gasteiger partial charge is 0.330 e. The van der Waals surface area contributed by atoms with Gasteiger partial charge < -0.3 is 4.74 Å². The molecule has 0 amide bonds. The van der Waals surface area contributed by atoms with Crippen LogP contribution in [0.2, 0.25) is 0 Å². The van der Waals surface area contributed by atoms with Crippen LogP contribution in [0.25, 0.3) is 0 Å². The average Bonchev–Trinajstić information content (AvgIpc) is 2.88. The summed E-state index contributed by atoms with van der Waals surface area (Å²) in [6.07, 6.45) is 3.84. The maximum absolute atomic E-state index is 13.2. The zero-order chi connectivity index (χ0) is 19.3. The molecule has 2 saturated carbocycles. The van der Waals surface area contributed by atoms with Gasteiger partial charge in [0.2, 0.25) is 10.0 Å². The standard InChI is InChI=1S/C18H25NO6S/c1-4-25-16(22)14-10-13(20)6-8-19(14)26(23,24)11-18-7-5-12(9-15(18)21)17(18,2)3/h6,8,12,14H,4-5,7,9-11H2,1-3H3/t12-,14-,18-/m0/s1. The number of ether oxygens (including phenoxy) is 1. The van der Waals surface area contributed by atoms with Crippen molar-refractivity contribution in [2.45, 2.75) is 52.5 Å². The molecule has 0 unspecified atom stereocenters. The van der Waals surface area contributed by atoms with Crippen LogP contribution >= 0.6 is 0 Å². The fourth-order valence-electron chi connectivity index (χ4n) is 4.82. The van der Waals surface area contributed by atoms with Crippen LogP contribution in [0.15, 0.2) is 12.3 Å². The number of fused-ring (bicyclic) bond motifs is 2. The van der Waals surface area contributed by atoms with Gasteiger partial charge >= 0.3 is 5.97 Å². The quantitative estimate of drug-likeness (QED) is 0.666. The van der Waals surface area contributed by atoms with Crippen LogP contribution in [0.1, 0.15) is 46.5 Å². The number of hydrogen-bond donors (Lipinski definition) is 0. The lowest BCUT2D eigenvalue weighted by atomic mass is 9.70. The van der Waals surface area contributed by atoms with E-state index in [1.807, 2.05) is 13.8 Å². The number of carbonyl (C=O) groups is 3. The largest absolute Gasteiger partial charge is 0.464 e. The summed E-state index contributed by atoms with van der Waals surface area (Å²) >= 11 is 0. The number of ketones is 2. The predicted octanol–water partition coefficient (Wildman–Crippen LogP) is 1.43. The Bertz CT molecular complexity index is 784. The Kier molecular flexibility index (Phi) is 4.53. The lowest BCUT2D eigenvalue weighted by Crippen LogP contribution is -2.51. The van der Waals surface area contributed by atoms with Gasteiger partial charge in [0, 0.05) is 19.0 Å². The van der Waals surface area contributed by atoms with Crippen molar-refractivity contribution in [1.82, 2.24) is 4.31 Å². The Morgan fingerprint density at radius 3 is 2.54 bits per heavy atom. The molecule has 3 atom stereocenters. The Morgan fingerprint density at radius 1 is 1.31 bits per heavy atom. The molecule has 2 fully saturated rings. The van der Waals surface area contributed by atoms with Gasteiger partial charge in [0.05, 0.1) is 17.8 Å². The van der Waals surface area contributed by atoms with Crippen molar-refractivity contribution < 1.29 is 27.5 Å². The molecule has 26 heavy (non-hydrogen) atoms. The molecule has 2 aliphatic carbocycles. The van der Waals surface area contributed by atoms with Crippen LogP contribution in [-0.4, -0.2) is 48.7 Å². The van der Waals surface area contributed by atoms with E-state index in [4.69, 9.17) is 4.74 Å². The lowest BCUT2D eigenvalue weighted by Gasteiger charge is -2.39. The highest BCUT2D eigenvalue weighted by molar-refractivity contribution is 7.89. The molecule has 0 spiro atoms. The fraction of sp³-hybridized carbons (Fsp3) is 0.722. The van der Waals surface area contributed by atoms with Crippen molar-refractivity contribution in [2.75, 3.05) is 12.4 Å². The van der Waals surface area contributed by atoms with Gasteiger partial charge in [-0.2, -0.15) is 0 Å². The number of allylic oxidation sites excluding steroid dienone is 1. The van der Waals surface area contributed by atoms with E-state index in [1.165, 1.54) is 0 Å².